The van der Waals surface area contributed by atoms with Gasteiger partial charge < -0.3 is 5.32 Å². The van der Waals surface area contributed by atoms with Crippen molar-refractivity contribution in [1.29, 1.82) is 0 Å². The van der Waals surface area contributed by atoms with E-state index in [-0.39, 0.29) is 5.69 Å². The van der Waals surface area contributed by atoms with Gasteiger partial charge in [0, 0.05) is 29.6 Å². The monoisotopic (exact) mass is 330 g/mol. The second-order valence-electron chi connectivity index (χ2n) is 5.53. The van der Waals surface area contributed by atoms with Crippen LogP contribution in [0.4, 0.5) is 17.2 Å². The Morgan fingerprint density at radius 3 is 2.36 bits per heavy atom. The first-order chi connectivity index (χ1) is 12.2. The summed E-state index contributed by atoms with van der Waals surface area (Å²) in [6.45, 7) is 0. The first-order valence-corrected chi connectivity index (χ1v) is 7.76. The van der Waals surface area contributed by atoms with Crippen molar-refractivity contribution in [3.05, 3.63) is 89.1 Å². The number of rotatable bonds is 4. The van der Waals surface area contributed by atoms with Crippen LogP contribution in [0.2, 0.25) is 0 Å². The summed E-state index contributed by atoms with van der Waals surface area (Å²) in [5, 5.41) is 14.2. The molecule has 2 aromatic carbocycles. The highest BCUT2D eigenvalue weighted by molar-refractivity contribution is 5.79. The molecule has 2 heterocycles. The lowest BCUT2D eigenvalue weighted by atomic mass is 10.1. The number of hydrogen-bond donors (Lipinski definition) is 1. The van der Waals surface area contributed by atoms with Gasteiger partial charge in [-0.1, -0.05) is 36.4 Å². The van der Waals surface area contributed by atoms with Crippen LogP contribution in [0.25, 0.3) is 16.9 Å². The van der Waals surface area contributed by atoms with Crippen molar-refractivity contribution in [2.75, 3.05) is 5.32 Å². The Bertz CT molecular complexity index is 1040. The Hall–Kier alpha value is -3.67. The summed E-state index contributed by atoms with van der Waals surface area (Å²) in [4.78, 5) is 15.1. The molecule has 0 saturated heterocycles. The second-order valence-corrected chi connectivity index (χ2v) is 5.53. The number of nitrogens with one attached hydrogen (secondary N) is 1. The van der Waals surface area contributed by atoms with Gasteiger partial charge in [0.05, 0.1) is 4.92 Å². The van der Waals surface area contributed by atoms with Gasteiger partial charge in [-0.2, -0.15) is 0 Å². The number of nitro benzene ring substituents is 1. The number of nitrogens with zero attached hydrogens (tertiary/aromatic N) is 3. The highest BCUT2D eigenvalue weighted by atomic mass is 16.6. The third kappa shape index (κ3) is 2.81. The maximum absolute atomic E-state index is 10.8. The van der Waals surface area contributed by atoms with Gasteiger partial charge in [-0.3, -0.25) is 14.5 Å². The molecule has 4 aromatic rings. The van der Waals surface area contributed by atoms with Gasteiger partial charge in [0.15, 0.2) is 0 Å². The second kappa shape index (κ2) is 6.09. The quantitative estimate of drug-likeness (QED) is 0.436. The number of hydrogen-bond acceptors (Lipinski definition) is 4. The van der Waals surface area contributed by atoms with E-state index in [1.165, 1.54) is 12.1 Å². The van der Waals surface area contributed by atoms with E-state index >= 15 is 0 Å². The SMILES string of the molecule is O=[N+]([O-])c1ccc(Nc2c(-c3ccccc3)nc3ccccn23)cc1. The van der Waals surface area contributed by atoms with E-state index in [1.807, 2.05) is 59.1 Å². The van der Waals surface area contributed by atoms with Crippen LogP contribution in [0.5, 0.6) is 0 Å². The number of fused-ring (bicyclic) bond motifs is 1. The number of nitro groups is 1. The van der Waals surface area contributed by atoms with Gasteiger partial charge in [0.2, 0.25) is 0 Å². The maximum atomic E-state index is 10.8. The predicted octanol–water partition coefficient (Wildman–Crippen LogP) is 4.65. The lowest BCUT2D eigenvalue weighted by Crippen LogP contribution is -1.97. The van der Waals surface area contributed by atoms with Gasteiger partial charge in [-0.25, -0.2) is 4.98 Å². The minimum atomic E-state index is -0.409. The Kier molecular flexibility index (Phi) is 3.63. The molecule has 1 N–H and O–H groups in total. The van der Waals surface area contributed by atoms with E-state index in [0.29, 0.717) is 0 Å². The van der Waals surface area contributed by atoms with E-state index in [1.54, 1.807) is 12.1 Å². The molecule has 0 atom stereocenters. The summed E-state index contributed by atoms with van der Waals surface area (Å²) in [6, 6.07) is 22.1. The fourth-order valence-corrected chi connectivity index (χ4v) is 2.72. The number of pyridine rings is 1. The van der Waals surface area contributed by atoms with Crippen LogP contribution in [0, 0.1) is 10.1 Å². The molecule has 0 amide bonds. The van der Waals surface area contributed by atoms with Crippen LogP contribution in [0.3, 0.4) is 0 Å². The van der Waals surface area contributed by atoms with Crippen LogP contribution < -0.4 is 5.32 Å². The van der Waals surface area contributed by atoms with Gasteiger partial charge >= 0.3 is 0 Å². The molecule has 0 saturated carbocycles. The molecular formula is C19H14N4O2. The zero-order valence-corrected chi connectivity index (χ0v) is 13.2. The van der Waals surface area contributed by atoms with E-state index in [4.69, 9.17) is 4.98 Å². The Labute approximate surface area is 143 Å². The van der Waals surface area contributed by atoms with Crippen LogP contribution in [0.1, 0.15) is 0 Å². The van der Waals surface area contributed by atoms with E-state index in [2.05, 4.69) is 5.32 Å². The molecule has 6 heteroatoms. The zero-order chi connectivity index (χ0) is 17.2. The maximum Gasteiger partial charge on any atom is 0.269 e. The summed E-state index contributed by atoms with van der Waals surface area (Å²) in [7, 11) is 0. The number of imidazole rings is 1. The van der Waals surface area contributed by atoms with Crippen LogP contribution >= 0.6 is 0 Å². The standard InChI is InChI=1S/C19H14N4O2/c24-23(25)16-11-9-15(10-12-16)20-19-18(14-6-2-1-3-7-14)21-17-8-4-5-13-22(17)19/h1-13,20H. The fraction of sp³-hybridized carbons (Fsp3) is 0. The average Bonchev–Trinajstić information content (AvgIpc) is 3.02. The molecule has 0 aliphatic rings. The van der Waals surface area contributed by atoms with Crippen molar-refractivity contribution in [2.45, 2.75) is 0 Å². The normalized spacial score (nSPS) is 10.7. The van der Waals surface area contributed by atoms with Crippen molar-refractivity contribution in [3.63, 3.8) is 0 Å². The third-order valence-electron chi connectivity index (χ3n) is 3.92. The van der Waals surface area contributed by atoms with E-state index in [9.17, 15) is 10.1 Å². The molecule has 0 aliphatic heterocycles. The zero-order valence-electron chi connectivity index (χ0n) is 13.2. The topological polar surface area (TPSA) is 72.5 Å². The minimum absolute atomic E-state index is 0.0620. The first-order valence-electron chi connectivity index (χ1n) is 7.76. The van der Waals surface area contributed by atoms with Crippen LogP contribution in [-0.2, 0) is 0 Å². The molecule has 6 nitrogen and oxygen atoms in total. The first kappa shape index (κ1) is 14.9. The lowest BCUT2D eigenvalue weighted by Gasteiger charge is -2.08. The highest BCUT2D eigenvalue weighted by Crippen LogP contribution is 2.31. The van der Waals surface area contributed by atoms with Crippen molar-refractivity contribution in [2.24, 2.45) is 0 Å². The summed E-state index contributed by atoms with van der Waals surface area (Å²) in [5.74, 6) is 0.815. The Morgan fingerprint density at radius 2 is 1.64 bits per heavy atom. The summed E-state index contributed by atoms with van der Waals surface area (Å²) in [5.41, 5.74) is 3.46. The molecule has 0 spiro atoms. The summed E-state index contributed by atoms with van der Waals surface area (Å²) >= 11 is 0. The average molecular weight is 330 g/mol. The van der Waals surface area contributed by atoms with Crippen molar-refractivity contribution >= 4 is 22.8 Å². The van der Waals surface area contributed by atoms with Crippen molar-refractivity contribution in [1.82, 2.24) is 9.38 Å². The highest BCUT2D eigenvalue weighted by Gasteiger charge is 2.14. The minimum Gasteiger partial charge on any atom is -0.339 e. The largest absolute Gasteiger partial charge is 0.339 e. The Morgan fingerprint density at radius 1 is 0.920 bits per heavy atom. The molecular weight excluding hydrogens is 316 g/mol. The van der Waals surface area contributed by atoms with Crippen LogP contribution in [-0.4, -0.2) is 14.3 Å². The molecule has 25 heavy (non-hydrogen) atoms. The number of anilines is 2. The van der Waals surface area contributed by atoms with E-state index in [0.717, 1.165) is 28.4 Å². The molecule has 0 fully saturated rings. The number of aromatic nitrogens is 2. The molecule has 122 valence electrons. The molecule has 0 radical (unpaired) electrons. The summed E-state index contributed by atoms with van der Waals surface area (Å²) in [6.07, 6.45) is 1.93. The third-order valence-corrected chi connectivity index (χ3v) is 3.92. The van der Waals surface area contributed by atoms with Crippen molar-refractivity contribution in [3.8, 4) is 11.3 Å². The van der Waals surface area contributed by atoms with Crippen molar-refractivity contribution < 1.29 is 4.92 Å². The molecule has 0 aliphatic carbocycles. The van der Waals surface area contributed by atoms with E-state index < -0.39 is 4.92 Å². The molecule has 0 unspecified atom stereocenters. The van der Waals surface area contributed by atoms with Crippen LogP contribution in [0.15, 0.2) is 79.0 Å². The summed E-state index contributed by atoms with van der Waals surface area (Å²) < 4.78 is 1.96. The Balaban J connectivity index is 1.81. The number of non-ortho nitro benzene ring substituents is 1. The van der Waals surface area contributed by atoms with Gasteiger partial charge in [-0.15, -0.1) is 0 Å². The lowest BCUT2D eigenvalue weighted by molar-refractivity contribution is -0.384. The van der Waals surface area contributed by atoms with Gasteiger partial charge in [-0.05, 0) is 24.3 Å². The smallest absolute Gasteiger partial charge is 0.269 e. The number of benzene rings is 2. The van der Waals surface area contributed by atoms with Gasteiger partial charge in [0.1, 0.15) is 17.2 Å². The molecule has 4 rings (SSSR count). The fourth-order valence-electron chi connectivity index (χ4n) is 2.72. The molecule has 2 aromatic heterocycles. The van der Waals surface area contributed by atoms with Gasteiger partial charge in [0.25, 0.3) is 5.69 Å². The molecule has 0 bridgehead atoms. The predicted molar refractivity (Wildman–Crippen MR) is 97.0 cm³/mol.